The maximum absolute atomic E-state index is 12.4. The van der Waals surface area contributed by atoms with Crippen LogP contribution in [0.1, 0.15) is 12.5 Å². The molecule has 3 rings (SSSR count). The van der Waals surface area contributed by atoms with Gasteiger partial charge in [0.25, 0.3) is 0 Å². The van der Waals surface area contributed by atoms with Crippen LogP contribution in [0.25, 0.3) is 17.2 Å². The molecule has 0 aromatic heterocycles. The van der Waals surface area contributed by atoms with Gasteiger partial charge in [0.2, 0.25) is 0 Å². The van der Waals surface area contributed by atoms with Crippen LogP contribution >= 0.6 is 0 Å². The molecule has 0 spiro atoms. The zero-order valence-corrected chi connectivity index (χ0v) is 16.3. The van der Waals surface area contributed by atoms with Gasteiger partial charge in [-0.25, -0.2) is 0 Å². The molecule has 0 radical (unpaired) electrons. The fraction of sp³-hybridized carbons (Fsp3) is 0.0870. The Hall–Kier alpha value is -2.61. The fourth-order valence-corrected chi connectivity index (χ4v) is 4.36. The Bertz CT molecular complexity index is 869. The number of ether oxygens (including phenoxy) is 1. The van der Waals surface area contributed by atoms with Gasteiger partial charge in [-0.05, 0) is 0 Å². The molecule has 130 valence electrons. The Balaban J connectivity index is 1.85. The molecule has 3 aromatic rings. The molecular weight excluding hydrogens is 387 g/mol. The summed E-state index contributed by atoms with van der Waals surface area (Å²) in [5.74, 6) is -0.233. The third-order valence-electron chi connectivity index (χ3n) is 3.76. The molecule has 3 heteroatoms. The van der Waals surface area contributed by atoms with Crippen LogP contribution in [-0.2, 0) is 9.53 Å². The monoisotopic (exact) mass is 408 g/mol. The third kappa shape index (κ3) is 4.95. The Morgan fingerprint density at radius 3 is 2.04 bits per heavy atom. The van der Waals surface area contributed by atoms with E-state index in [1.807, 2.05) is 73.7 Å². The van der Waals surface area contributed by atoms with Crippen molar-refractivity contribution in [2.24, 2.45) is 0 Å². The molecule has 0 aliphatic rings. The maximum atomic E-state index is 12.4. The van der Waals surface area contributed by atoms with E-state index in [9.17, 15) is 4.79 Å². The van der Waals surface area contributed by atoms with E-state index in [1.54, 1.807) is 0 Å². The molecule has 0 bridgehead atoms. The van der Waals surface area contributed by atoms with Gasteiger partial charge in [-0.2, -0.15) is 0 Å². The van der Waals surface area contributed by atoms with Crippen LogP contribution in [0.15, 0.2) is 89.4 Å². The molecule has 0 N–H and O–H groups in total. The topological polar surface area (TPSA) is 26.3 Å². The number of carbonyl (C=O) groups excluding carboxylic acids is 1. The summed E-state index contributed by atoms with van der Waals surface area (Å²) in [7, 11) is 0. The molecule has 3 aromatic carbocycles. The SMILES string of the molecule is CCOC(=O)/C(=C/c1ccc(-c2ccccc2)cc1)[Se]c1ccccc1. The molecule has 26 heavy (non-hydrogen) atoms. The first-order valence-electron chi connectivity index (χ1n) is 8.53. The molecule has 0 saturated carbocycles. The van der Waals surface area contributed by atoms with E-state index in [0.29, 0.717) is 6.61 Å². The molecular formula is C23H20O2Se. The Morgan fingerprint density at radius 1 is 0.846 bits per heavy atom. The van der Waals surface area contributed by atoms with Gasteiger partial charge < -0.3 is 0 Å². The van der Waals surface area contributed by atoms with Gasteiger partial charge >= 0.3 is 161 Å². The quantitative estimate of drug-likeness (QED) is 0.346. The van der Waals surface area contributed by atoms with Crippen molar-refractivity contribution in [3.05, 3.63) is 95.0 Å². The van der Waals surface area contributed by atoms with Crippen molar-refractivity contribution >= 4 is 31.5 Å². The normalized spacial score (nSPS) is 11.2. The summed E-state index contributed by atoms with van der Waals surface area (Å²) >= 11 is -0.0917. The van der Waals surface area contributed by atoms with Crippen molar-refractivity contribution in [1.82, 2.24) is 0 Å². The predicted octanol–water partition coefficient (Wildman–Crippen LogP) is 4.29. The van der Waals surface area contributed by atoms with Gasteiger partial charge in [0.15, 0.2) is 0 Å². The summed E-state index contributed by atoms with van der Waals surface area (Å²) in [6.07, 6.45) is 1.94. The van der Waals surface area contributed by atoms with Gasteiger partial charge in [0.05, 0.1) is 0 Å². The van der Waals surface area contributed by atoms with Gasteiger partial charge in [0, 0.05) is 0 Å². The van der Waals surface area contributed by atoms with Crippen LogP contribution in [0.4, 0.5) is 0 Å². The zero-order valence-electron chi connectivity index (χ0n) is 14.6. The standard InChI is InChI=1S/C23H20O2Se/c1-2-25-23(24)22(26-21-11-7-4-8-12-21)17-18-13-15-20(16-14-18)19-9-5-3-6-10-19/h3-17H,2H2,1H3/b22-17-. The second-order valence-electron chi connectivity index (χ2n) is 5.63. The van der Waals surface area contributed by atoms with Crippen molar-refractivity contribution in [3.8, 4) is 11.1 Å². The first kappa shape index (κ1) is 18.2. The van der Waals surface area contributed by atoms with Gasteiger partial charge in [-0.1, -0.05) is 0 Å². The molecule has 2 nitrogen and oxygen atoms in total. The number of benzene rings is 3. The second-order valence-corrected chi connectivity index (χ2v) is 7.97. The average molecular weight is 407 g/mol. The van der Waals surface area contributed by atoms with E-state index >= 15 is 0 Å². The van der Waals surface area contributed by atoms with E-state index in [0.717, 1.165) is 20.1 Å². The Morgan fingerprint density at radius 2 is 1.42 bits per heavy atom. The predicted molar refractivity (Wildman–Crippen MR) is 108 cm³/mol. The van der Waals surface area contributed by atoms with Crippen LogP contribution in [0.5, 0.6) is 0 Å². The number of esters is 1. The van der Waals surface area contributed by atoms with E-state index in [-0.39, 0.29) is 20.9 Å². The van der Waals surface area contributed by atoms with E-state index in [1.165, 1.54) is 5.56 Å². The summed E-state index contributed by atoms with van der Waals surface area (Å²) in [6.45, 7) is 2.22. The number of hydrogen-bond donors (Lipinski definition) is 0. The van der Waals surface area contributed by atoms with Crippen molar-refractivity contribution in [2.45, 2.75) is 6.92 Å². The Kier molecular flexibility index (Phi) is 6.43. The molecule has 0 heterocycles. The first-order valence-corrected chi connectivity index (χ1v) is 10.2. The van der Waals surface area contributed by atoms with E-state index in [4.69, 9.17) is 4.74 Å². The van der Waals surface area contributed by atoms with Crippen LogP contribution < -0.4 is 4.46 Å². The van der Waals surface area contributed by atoms with Crippen molar-refractivity contribution in [2.75, 3.05) is 6.61 Å². The Labute approximate surface area is 160 Å². The fourth-order valence-electron chi connectivity index (χ4n) is 2.50. The summed E-state index contributed by atoms with van der Waals surface area (Å²) in [6, 6.07) is 28.6. The van der Waals surface area contributed by atoms with Crippen LogP contribution in [-0.4, -0.2) is 27.5 Å². The minimum absolute atomic E-state index is 0.0917. The van der Waals surface area contributed by atoms with Crippen LogP contribution in [0.3, 0.4) is 0 Å². The molecule has 0 aliphatic carbocycles. The summed E-state index contributed by atoms with van der Waals surface area (Å²) in [5.41, 5.74) is 3.35. The summed E-state index contributed by atoms with van der Waals surface area (Å²) < 4.78 is 7.12. The number of rotatable bonds is 6. The zero-order chi connectivity index (χ0) is 18.2. The van der Waals surface area contributed by atoms with Gasteiger partial charge in [-0.15, -0.1) is 0 Å². The molecule has 0 fully saturated rings. The van der Waals surface area contributed by atoms with Crippen LogP contribution in [0.2, 0.25) is 0 Å². The molecule has 0 unspecified atom stereocenters. The summed E-state index contributed by atoms with van der Waals surface area (Å²) in [5, 5.41) is 0. The van der Waals surface area contributed by atoms with Gasteiger partial charge in [-0.3, -0.25) is 0 Å². The second kappa shape index (κ2) is 9.19. The van der Waals surface area contributed by atoms with E-state index in [2.05, 4.69) is 24.3 Å². The molecule has 0 atom stereocenters. The average Bonchev–Trinajstić information content (AvgIpc) is 2.70. The molecule has 0 saturated heterocycles. The molecule has 0 amide bonds. The minimum atomic E-state index is -0.233. The third-order valence-corrected chi connectivity index (χ3v) is 5.89. The summed E-state index contributed by atoms with van der Waals surface area (Å²) in [4.78, 5) is 12.4. The number of carbonyl (C=O) groups is 1. The van der Waals surface area contributed by atoms with Crippen molar-refractivity contribution < 1.29 is 9.53 Å². The van der Waals surface area contributed by atoms with E-state index < -0.39 is 0 Å². The van der Waals surface area contributed by atoms with Crippen molar-refractivity contribution in [1.29, 1.82) is 0 Å². The van der Waals surface area contributed by atoms with Crippen LogP contribution in [0, 0.1) is 0 Å². The van der Waals surface area contributed by atoms with Crippen molar-refractivity contribution in [3.63, 3.8) is 0 Å². The molecule has 0 aliphatic heterocycles. The first-order chi connectivity index (χ1) is 12.8. The van der Waals surface area contributed by atoms with Gasteiger partial charge in [0.1, 0.15) is 0 Å². The number of hydrogen-bond acceptors (Lipinski definition) is 2.